The maximum absolute atomic E-state index is 14.0. The third-order valence-electron chi connectivity index (χ3n) is 4.38. The Kier molecular flexibility index (Phi) is 5.76. The van der Waals surface area contributed by atoms with Gasteiger partial charge in [0.25, 0.3) is 5.56 Å². The van der Waals surface area contributed by atoms with Crippen LogP contribution in [0.4, 0.5) is 13.2 Å². The van der Waals surface area contributed by atoms with Crippen LogP contribution in [0.3, 0.4) is 0 Å². The van der Waals surface area contributed by atoms with Crippen LogP contribution in [0.2, 0.25) is 0 Å². The molecule has 8 heteroatoms. The highest BCUT2D eigenvalue weighted by atomic mass is 32.2. The molecular weight excluding hydrogens is 413 g/mol. The molecule has 0 saturated carbocycles. The number of fused-ring (bicyclic) bond motifs is 1. The fraction of sp³-hybridized carbons (Fsp3) is 0.0909. The van der Waals surface area contributed by atoms with Crippen LogP contribution in [0.5, 0.6) is 5.75 Å². The number of ether oxygens (including phenoxy) is 1. The molecule has 4 rings (SSSR count). The van der Waals surface area contributed by atoms with E-state index in [2.05, 4.69) is 9.72 Å². The highest BCUT2D eigenvalue weighted by Crippen LogP contribution is 2.26. The fourth-order valence-corrected chi connectivity index (χ4v) is 3.97. The Hall–Kier alpha value is -3.26. The van der Waals surface area contributed by atoms with Gasteiger partial charge in [-0.1, -0.05) is 42.1 Å². The number of hydrogen-bond donors (Lipinski definition) is 0. The number of thioether (sulfide) groups is 1. The minimum atomic E-state index is -2.94. The Balaban J connectivity index is 1.78. The van der Waals surface area contributed by atoms with E-state index in [1.165, 1.54) is 46.7 Å². The Labute approximate surface area is 174 Å². The predicted octanol–water partition coefficient (Wildman–Crippen LogP) is 5.42. The average Bonchev–Trinajstić information content (AvgIpc) is 2.74. The fourth-order valence-electron chi connectivity index (χ4n) is 2.97. The summed E-state index contributed by atoms with van der Waals surface area (Å²) in [6, 6.07) is 19.0. The van der Waals surface area contributed by atoms with Crippen molar-refractivity contribution in [3.8, 4) is 11.4 Å². The third-order valence-corrected chi connectivity index (χ3v) is 5.37. The summed E-state index contributed by atoms with van der Waals surface area (Å²) in [6.45, 7) is -2.94. The van der Waals surface area contributed by atoms with Crippen molar-refractivity contribution in [2.45, 2.75) is 17.5 Å². The zero-order valence-corrected chi connectivity index (χ0v) is 16.3. The largest absolute Gasteiger partial charge is 0.435 e. The van der Waals surface area contributed by atoms with E-state index in [1.54, 1.807) is 42.5 Å². The van der Waals surface area contributed by atoms with Gasteiger partial charge in [0.1, 0.15) is 11.6 Å². The highest BCUT2D eigenvalue weighted by molar-refractivity contribution is 7.98. The molecule has 0 bridgehead atoms. The Morgan fingerprint density at radius 1 is 0.967 bits per heavy atom. The summed E-state index contributed by atoms with van der Waals surface area (Å²) in [5.41, 5.74) is 1.14. The number of para-hydroxylation sites is 1. The van der Waals surface area contributed by atoms with Crippen molar-refractivity contribution in [1.82, 2.24) is 9.55 Å². The molecule has 1 aromatic heterocycles. The van der Waals surface area contributed by atoms with Gasteiger partial charge in [-0.3, -0.25) is 9.36 Å². The number of alkyl halides is 2. The van der Waals surface area contributed by atoms with E-state index in [0.29, 0.717) is 27.3 Å². The van der Waals surface area contributed by atoms with Crippen molar-refractivity contribution in [1.29, 1.82) is 0 Å². The number of rotatable bonds is 6. The molecule has 3 aromatic carbocycles. The highest BCUT2D eigenvalue weighted by Gasteiger charge is 2.15. The molecule has 0 saturated heterocycles. The lowest BCUT2D eigenvalue weighted by atomic mass is 10.2. The Morgan fingerprint density at radius 2 is 1.67 bits per heavy atom. The van der Waals surface area contributed by atoms with Crippen LogP contribution < -0.4 is 10.3 Å². The molecule has 0 aliphatic carbocycles. The number of nitrogens with zero attached hydrogens (tertiary/aromatic N) is 2. The lowest BCUT2D eigenvalue weighted by molar-refractivity contribution is -0.0498. The minimum absolute atomic E-state index is 0.0175. The second kappa shape index (κ2) is 8.62. The zero-order valence-electron chi connectivity index (χ0n) is 15.5. The summed E-state index contributed by atoms with van der Waals surface area (Å²) in [7, 11) is 0. The Bertz CT molecular complexity index is 1240. The van der Waals surface area contributed by atoms with Crippen LogP contribution >= 0.6 is 11.8 Å². The summed E-state index contributed by atoms with van der Waals surface area (Å²) in [6.07, 6.45) is 0. The first kappa shape index (κ1) is 20.0. The van der Waals surface area contributed by atoms with Crippen molar-refractivity contribution in [2.75, 3.05) is 0 Å². The molecule has 0 amide bonds. The van der Waals surface area contributed by atoms with Gasteiger partial charge in [-0.05, 0) is 48.0 Å². The quantitative estimate of drug-likeness (QED) is 0.304. The second-order valence-electron chi connectivity index (χ2n) is 6.30. The van der Waals surface area contributed by atoms with Gasteiger partial charge in [0.05, 0.1) is 16.6 Å². The summed E-state index contributed by atoms with van der Waals surface area (Å²) in [5.74, 6) is -0.0892. The number of aromatic nitrogens is 2. The average molecular weight is 428 g/mol. The van der Waals surface area contributed by atoms with Crippen molar-refractivity contribution >= 4 is 22.7 Å². The molecule has 152 valence electrons. The van der Waals surface area contributed by atoms with Gasteiger partial charge >= 0.3 is 6.61 Å². The summed E-state index contributed by atoms with van der Waals surface area (Å²) in [4.78, 5) is 17.8. The maximum atomic E-state index is 14.0. The zero-order chi connectivity index (χ0) is 21.1. The molecule has 0 fully saturated rings. The first-order chi connectivity index (χ1) is 14.5. The van der Waals surface area contributed by atoms with Crippen molar-refractivity contribution < 1.29 is 17.9 Å². The standard InChI is InChI=1S/C22H15F3N2O2S/c23-18-7-3-1-5-14(18)13-30-22-26-19-8-4-2-6-17(19)20(28)27(22)15-9-11-16(12-10-15)29-21(24)25/h1-12,21H,13H2. The van der Waals surface area contributed by atoms with Crippen molar-refractivity contribution in [3.05, 3.63) is 94.5 Å². The van der Waals surface area contributed by atoms with Crippen molar-refractivity contribution in [3.63, 3.8) is 0 Å². The first-order valence-electron chi connectivity index (χ1n) is 8.96. The van der Waals surface area contributed by atoms with E-state index < -0.39 is 6.61 Å². The predicted molar refractivity (Wildman–Crippen MR) is 110 cm³/mol. The number of halogens is 3. The molecule has 1 heterocycles. The molecule has 0 aliphatic rings. The van der Waals surface area contributed by atoms with E-state index in [1.807, 2.05) is 0 Å². The molecule has 30 heavy (non-hydrogen) atoms. The van der Waals surface area contributed by atoms with Crippen LogP contribution in [0, 0.1) is 5.82 Å². The van der Waals surface area contributed by atoms with Gasteiger partial charge in [0, 0.05) is 5.75 Å². The van der Waals surface area contributed by atoms with Crippen LogP contribution in [0.25, 0.3) is 16.6 Å². The van der Waals surface area contributed by atoms with Crippen LogP contribution in [-0.4, -0.2) is 16.2 Å². The number of hydrogen-bond acceptors (Lipinski definition) is 4. The molecule has 0 radical (unpaired) electrons. The van der Waals surface area contributed by atoms with Gasteiger partial charge in [0.15, 0.2) is 5.16 Å². The SMILES string of the molecule is O=c1c2ccccc2nc(SCc2ccccc2F)n1-c1ccc(OC(F)F)cc1. The van der Waals surface area contributed by atoms with Gasteiger partial charge < -0.3 is 4.74 Å². The molecule has 4 aromatic rings. The van der Waals surface area contributed by atoms with E-state index in [0.717, 1.165) is 0 Å². The van der Waals surface area contributed by atoms with Crippen LogP contribution in [-0.2, 0) is 5.75 Å². The first-order valence-corrected chi connectivity index (χ1v) is 9.95. The van der Waals surface area contributed by atoms with Crippen LogP contribution in [0.1, 0.15) is 5.56 Å². The second-order valence-corrected chi connectivity index (χ2v) is 7.25. The molecule has 0 spiro atoms. The van der Waals surface area contributed by atoms with Crippen molar-refractivity contribution in [2.24, 2.45) is 0 Å². The molecule has 0 aliphatic heterocycles. The van der Waals surface area contributed by atoms with Gasteiger partial charge in [-0.15, -0.1) is 0 Å². The Morgan fingerprint density at radius 3 is 2.40 bits per heavy atom. The molecular formula is C22H15F3N2O2S. The number of benzene rings is 3. The molecule has 0 atom stereocenters. The summed E-state index contributed by atoms with van der Waals surface area (Å²) >= 11 is 1.21. The maximum Gasteiger partial charge on any atom is 0.387 e. The third kappa shape index (κ3) is 4.18. The monoisotopic (exact) mass is 428 g/mol. The van der Waals surface area contributed by atoms with E-state index >= 15 is 0 Å². The van der Waals surface area contributed by atoms with Gasteiger partial charge in [0.2, 0.25) is 0 Å². The lowest BCUT2D eigenvalue weighted by Gasteiger charge is -2.14. The van der Waals surface area contributed by atoms with Crippen LogP contribution in [0.15, 0.2) is 82.7 Å². The smallest absolute Gasteiger partial charge is 0.387 e. The van der Waals surface area contributed by atoms with Gasteiger partial charge in [-0.2, -0.15) is 8.78 Å². The van der Waals surface area contributed by atoms with E-state index in [9.17, 15) is 18.0 Å². The van der Waals surface area contributed by atoms with E-state index in [-0.39, 0.29) is 22.9 Å². The molecule has 0 N–H and O–H groups in total. The summed E-state index contributed by atoms with van der Waals surface area (Å²) in [5, 5.41) is 0.783. The normalized spacial score (nSPS) is 11.2. The molecule has 4 nitrogen and oxygen atoms in total. The van der Waals surface area contributed by atoms with E-state index in [4.69, 9.17) is 0 Å². The molecule has 0 unspecified atom stereocenters. The summed E-state index contributed by atoms with van der Waals surface area (Å²) < 4.78 is 44.6. The lowest BCUT2D eigenvalue weighted by Crippen LogP contribution is -2.21. The van der Waals surface area contributed by atoms with Gasteiger partial charge in [-0.25, -0.2) is 9.37 Å². The minimum Gasteiger partial charge on any atom is -0.435 e. The topological polar surface area (TPSA) is 44.1 Å².